The van der Waals surface area contributed by atoms with E-state index in [9.17, 15) is 4.79 Å². The highest BCUT2D eigenvalue weighted by molar-refractivity contribution is 8.18. The van der Waals surface area contributed by atoms with Crippen molar-refractivity contribution >= 4 is 51.9 Å². The highest BCUT2D eigenvalue weighted by atomic mass is 35.5. The number of halogens is 2. The molecule has 3 aliphatic heterocycles. The van der Waals surface area contributed by atoms with Crippen LogP contribution in [0, 0.1) is 17.2 Å². The maximum atomic E-state index is 14.2. The second-order valence-corrected chi connectivity index (χ2v) is 12.1. The summed E-state index contributed by atoms with van der Waals surface area (Å²) in [5, 5.41) is 11.1. The van der Waals surface area contributed by atoms with Gasteiger partial charge in [-0.25, -0.2) is 5.84 Å². The zero-order chi connectivity index (χ0) is 28.4. The third-order valence-corrected chi connectivity index (χ3v) is 8.94. The number of carbonyl (C=O) groups excluding carboxylic acids is 1. The summed E-state index contributed by atoms with van der Waals surface area (Å²) in [6.07, 6.45) is 1.90. The number of hydrazine groups is 1. The molecule has 5 rings (SSSR count). The van der Waals surface area contributed by atoms with Crippen LogP contribution in [0.5, 0.6) is 0 Å². The fraction of sp³-hybridized carbons (Fsp3) is 0.379. The molecule has 0 radical (unpaired) electrons. The van der Waals surface area contributed by atoms with Crippen molar-refractivity contribution in [1.82, 2.24) is 15.2 Å². The van der Waals surface area contributed by atoms with Crippen LogP contribution in [0.15, 0.2) is 69.1 Å². The normalized spacial score (nSPS) is 22.6. The molecule has 1 unspecified atom stereocenters. The lowest BCUT2D eigenvalue weighted by molar-refractivity contribution is -0.126. The van der Waals surface area contributed by atoms with E-state index >= 15 is 0 Å². The molecule has 208 valence electrons. The zero-order valence-corrected chi connectivity index (χ0v) is 24.7. The van der Waals surface area contributed by atoms with Crippen LogP contribution < -0.4 is 11.3 Å². The molecule has 0 aliphatic carbocycles. The quantitative estimate of drug-likeness (QED) is 0.137. The van der Waals surface area contributed by atoms with Crippen molar-refractivity contribution < 1.29 is 4.79 Å². The van der Waals surface area contributed by atoms with Gasteiger partial charge in [0.15, 0.2) is 5.17 Å². The zero-order valence-electron chi connectivity index (χ0n) is 22.3. The molecule has 3 N–H and O–H groups in total. The van der Waals surface area contributed by atoms with Crippen LogP contribution >= 0.6 is 35.0 Å². The number of likely N-dealkylation sites (tertiary alicyclic amines) is 1. The van der Waals surface area contributed by atoms with Crippen molar-refractivity contribution in [3.8, 4) is 6.07 Å². The molecule has 3 heterocycles. The standard InChI is InChI=1S/C29H31Cl2N7OS/c1-17(2)24-26(28(39)37-16-3-5-22(37)27(36-33)34-15-4-14-32)40-29-35-23(18-6-10-20(30)11-7-18)25(38(24)29)19-8-12-21(31)13-9-19/h6-13,17,22-23,25H,3-5,15-16,33H2,1-2H3,(H,34,36)/t22?,23-,25+/m0/s1. The number of benzene rings is 2. The van der Waals surface area contributed by atoms with Crippen molar-refractivity contribution in [2.24, 2.45) is 21.7 Å². The second-order valence-electron chi connectivity index (χ2n) is 10.2. The van der Waals surface area contributed by atoms with Crippen LogP contribution in [-0.2, 0) is 4.79 Å². The Balaban J connectivity index is 1.53. The number of nitrogens with zero attached hydrogens (tertiary/aromatic N) is 5. The Labute approximate surface area is 248 Å². The highest BCUT2D eigenvalue weighted by Crippen LogP contribution is 2.53. The minimum absolute atomic E-state index is 0.0468. The summed E-state index contributed by atoms with van der Waals surface area (Å²) >= 11 is 13.9. The van der Waals surface area contributed by atoms with Crippen LogP contribution in [0.3, 0.4) is 0 Å². The van der Waals surface area contributed by atoms with Gasteiger partial charge in [-0.2, -0.15) is 5.26 Å². The van der Waals surface area contributed by atoms with Crippen LogP contribution in [0.25, 0.3) is 0 Å². The Hall–Kier alpha value is -3.03. The number of hydrogen-bond donors (Lipinski definition) is 2. The van der Waals surface area contributed by atoms with Gasteiger partial charge in [0.1, 0.15) is 16.8 Å². The largest absolute Gasteiger partial charge is 0.328 e. The van der Waals surface area contributed by atoms with E-state index in [1.807, 2.05) is 53.4 Å². The van der Waals surface area contributed by atoms with Crippen molar-refractivity contribution in [3.63, 3.8) is 0 Å². The van der Waals surface area contributed by atoms with Crippen molar-refractivity contribution in [2.75, 3.05) is 13.1 Å². The number of nitrogens with one attached hydrogen (secondary N) is 1. The minimum Gasteiger partial charge on any atom is -0.328 e. The first-order valence-electron chi connectivity index (χ1n) is 13.3. The number of nitriles is 1. The van der Waals surface area contributed by atoms with Crippen LogP contribution in [0.1, 0.15) is 56.3 Å². The maximum absolute atomic E-state index is 14.2. The number of fused-ring (bicyclic) bond motifs is 1. The molecule has 2 aromatic rings. The van der Waals surface area contributed by atoms with E-state index in [-0.39, 0.29) is 30.0 Å². The fourth-order valence-electron chi connectivity index (χ4n) is 5.59. The van der Waals surface area contributed by atoms with E-state index in [1.165, 1.54) is 11.8 Å². The molecule has 1 saturated heterocycles. The molecular weight excluding hydrogens is 565 g/mol. The Morgan fingerprint density at radius 2 is 1.82 bits per heavy atom. The lowest BCUT2D eigenvalue weighted by Gasteiger charge is -2.32. The number of thioether (sulfide) groups is 1. The van der Waals surface area contributed by atoms with Crippen LogP contribution in [-0.4, -0.2) is 45.8 Å². The number of aliphatic imine (C=N–C) groups is 2. The molecule has 0 bridgehead atoms. The van der Waals surface area contributed by atoms with Gasteiger partial charge in [0.2, 0.25) is 0 Å². The summed E-state index contributed by atoms with van der Waals surface area (Å²) in [6, 6.07) is 17.2. The lowest BCUT2D eigenvalue weighted by Crippen LogP contribution is -2.48. The molecule has 8 nitrogen and oxygen atoms in total. The summed E-state index contributed by atoms with van der Waals surface area (Å²) in [6.45, 7) is 5.16. The molecule has 1 amide bonds. The molecular formula is C29H31Cl2N7OS. The topological polar surface area (TPSA) is 110 Å². The van der Waals surface area contributed by atoms with Gasteiger partial charge in [0, 0.05) is 22.3 Å². The molecule has 0 spiro atoms. The highest BCUT2D eigenvalue weighted by Gasteiger charge is 2.48. The molecule has 0 aromatic heterocycles. The average Bonchev–Trinajstić information content (AvgIpc) is 3.66. The molecule has 0 saturated carbocycles. The molecule has 3 aliphatic rings. The number of carbonyl (C=O) groups is 1. The molecule has 2 aromatic carbocycles. The fourth-order valence-corrected chi connectivity index (χ4v) is 7.15. The Kier molecular flexibility index (Phi) is 8.71. The maximum Gasteiger partial charge on any atom is 0.263 e. The number of rotatable bonds is 7. The van der Waals surface area contributed by atoms with E-state index in [4.69, 9.17) is 39.3 Å². The molecule has 40 heavy (non-hydrogen) atoms. The Bertz CT molecular complexity index is 1400. The van der Waals surface area contributed by atoms with E-state index in [0.29, 0.717) is 40.3 Å². The smallest absolute Gasteiger partial charge is 0.263 e. The second kappa shape index (κ2) is 12.2. The van der Waals surface area contributed by atoms with Gasteiger partial charge >= 0.3 is 0 Å². The third kappa shape index (κ3) is 5.46. The van der Waals surface area contributed by atoms with Crippen molar-refractivity contribution in [2.45, 2.75) is 51.2 Å². The predicted molar refractivity (Wildman–Crippen MR) is 162 cm³/mol. The summed E-state index contributed by atoms with van der Waals surface area (Å²) in [7, 11) is 0. The van der Waals surface area contributed by atoms with Crippen LogP contribution in [0.4, 0.5) is 0 Å². The van der Waals surface area contributed by atoms with Gasteiger partial charge in [-0.3, -0.25) is 14.8 Å². The number of nitrogens with two attached hydrogens (primary N) is 1. The molecule has 3 atom stereocenters. The van der Waals surface area contributed by atoms with Gasteiger partial charge in [-0.15, -0.1) is 0 Å². The predicted octanol–water partition coefficient (Wildman–Crippen LogP) is 5.83. The van der Waals surface area contributed by atoms with Gasteiger partial charge < -0.3 is 15.2 Å². The van der Waals surface area contributed by atoms with E-state index in [0.717, 1.165) is 34.8 Å². The Morgan fingerprint density at radius 3 is 2.42 bits per heavy atom. The van der Waals surface area contributed by atoms with Gasteiger partial charge in [0.05, 0.1) is 31.1 Å². The monoisotopic (exact) mass is 595 g/mol. The molecule has 11 heteroatoms. The summed E-state index contributed by atoms with van der Waals surface area (Å²) < 4.78 is 0. The summed E-state index contributed by atoms with van der Waals surface area (Å²) in [5.41, 5.74) is 5.75. The van der Waals surface area contributed by atoms with Gasteiger partial charge in [0.25, 0.3) is 5.91 Å². The van der Waals surface area contributed by atoms with Crippen LogP contribution in [0.2, 0.25) is 10.0 Å². The minimum atomic E-state index is -0.260. The number of amides is 1. The number of amidine groups is 2. The first-order chi connectivity index (χ1) is 19.3. The third-order valence-electron chi connectivity index (χ3n) is 7.37. The summed E-state index contributed by atoms with van der Waals surface area (Å²) in [5.74, 6) is 6.37. The summed E-state index contributed by atoms with van der Waals surface area (Å²) in [4.78, 5) is 28.6. The first kappa shape index (κ1) is 28.5. The van der Waals surface area contributed by atoms with E-state index in [2.05, 4.69) is 35.2 Å². The lowest BCUT2D eigenvalue weighted by atomic mass is 9.92. The number of hydrogen-bond acceptors (Lipinski definition) is 7. The van der Waals surface area contributed by atoms with Crippen molar-refractivity contribution in [3.05, 3.63) is 80.3 Å². The number of allylic oxidation sites excluding steroid dienone is 1. The Morgan fingerprint density at radius 1 is 1.18 bits per heavy atom. The average molecular weight is 597 g/mol. The van der Waals surface area contributed by atoms with E-state index in [1.54, 1.807) is 0 Å². The van der Waals surface area contributed by atoms with Gasteiger partial charge in [-0.05, 0) is 65.9 Å². The van der Waals surface area contributed by atoms with Gasteiger partial charge in [-0.1, -0.05) is 61.3 Å². The SMILES string of the molecule is CC(C)C1=C(C(=O)N2CCCC2C(=NCCC#N)NN)SC2=N[C@@H](c3ccc(Cl)cc3)[C@@H](c3ccc(Cl)cc3)N21. The first-order valence-corrected chi connectivity index (χ1v) is 14.9. The molecule has 1 fully saturated rings. The van der Waals surface area contributed by atoms with Crippen molar-refractivity contribution in [1.29, 1.82) is 5.26 Å². The van der Waals surface area contributed by atoms with E-state index < -0.39 is 0 Å².